The van der Waals surface area contributed by atoms with Crippen molar-refractivity contribution in [2.75, 3.05) is 5.32 Å². The highest BCUT2D eigenvalue weighted by Gasteiger charge is 2.14. The molecule has 7 heteroatoms. The lowest BCUT2D eigenvalue weighted by molar-refractivity contribution is 0.102. The Hall–Kier alpha value is -3.16. The number of anilines is 1. The first-order valence-corrected chi connectivity index (χ1v) is 11.3. The molecule has 0 saturated carbocycles. The number of para-hydroxylation sites is 1. The van der Waals surface area contributed by atoms with Crippen LogP contribution in [0.1, 0.15) is 15.9 Å². The number of thiophene rings is 1. The third kappa shape index (κ3) is 4.69. The maximum Gasteiger partial charge on any atom is 0.255 e. The molecule has 0 spiro atoms. The van der Waals surface area contributed by atoms with Gasteiger partial charge in [-0.15, -0.1) is 28.1 Å². The van der Waals surface area contributed by atoms with Gasteiger partial charge < -0.3 is 5.32 Å². The van der Waals surface area contributed by atoms with E-state index in [-0.39, 0.29) is 5.91 Å². The fourth-order valence-electron chi connectivity index (χ4n) is 2.90. The van der Waals surface area contributed by atoms with Crippen LogP contribution in [0.4, 0.5) is 5.69 Å². The van der Waals surface area contributed by atoms with Crippen LogP contribution >= 0.6 is 23.1 Å². The fraction of sp³-hybridized carbons (Fsp3) is 0.0870. The van der Waals surface area contributed by atoms with Gasteiger partial charge >= 0.3 is 0 Å². The largest absolute Gasteiger partial charge is 0.322 e. The fourth-order valence-corrected chi connectivity index (χ4v) is 4.52. The standard InChI is InChI=1S/C23H20N4OS2/c1-2-14-27-21(20-9-6-15-29-20)25-26-23(27)30-16-17-10-12-18(13-11-17)22(28)24-19-7-4-3-5-8-19/h2-13,15H,1,14,16H2,(H,24,28). The van der Waals surface area contributed by atoms with Crippen molar-refractivity contribution in [1.82, 2.24) is 14.8 Å². The van der Waals surface area contributed by atoms with Crippen LogP contribution in [0.5, 0.6) is 0 Å². The van der Waals surface area contributed by atoms with Gasteiger partial charge in [-0.1, -0.05) is 54.2 Å². The zero-order chi connectivity index (χ0) is 20.8. The first-order chi connectivity index (χ1) is 14.7. The van der Waals surface area contributed by atoms with Gasteiger partial charge in [-0.05, 0) is 41.3 Å². The number of rotatable bonds is 8. The smallest absolute Gasteiger partial charge is 0.255 e. The second-order valence-electron chi connectivity index (χ2n) is 6.49. The van der Waals surface area contributed by atoms with Gasteiger partial charge in [0.1, 0.15) is 0 Å². The Balaban J connectivity index is 1.42. The molecule has 0 saturated heterocycles. The van der Waals surface area contributed by atoms with Gasteiger partial charge in [-0.25, -0.2) is 0 Å². The van der Waals surface area contributed by atoms with Gasteiger partial charge in [0.05, 0.1) is 4.88 Å². The summed E-state index contributed by atoms with van der Waals surface area (Å²) in [6, 6.07) is 21.1. The van der Waals surface area contributed by atoms with E-state index in [0.717, 1.165) is 32.9 Å². The maximum absolute atomic E-state index is 12.4. The molecule has 0 aliphatic heterocycles. The Morgan fingerprint density at radius 1 is 1.07 bits per heavy atom. The minimum absolute atomic E-state index is 0.119. The summed E-state index contributed by atoms with van der Waals surface area (Å²) in [7, 11) is 0. The molecule has 0 radical (unpaired) electrons. The van der Waals surface area contributed by atoms with Crippen molar-refractivity contribution in [1.29, 1.82) is 0 Å². The number of nitrogens with one attached hydrogen (secondary N) is 1. The molecule has 1 N–H and O–H groups in total. The molecule has 2 aromatic heterocycles. The highest BCUT2D eigenvalue weighted by molar-refractivity contribution is 7.98. The van der Waals surface area contributed by atoms with Crippen molar-refractivity contribution in [3.8, 4) is 10.7 Å². The van der Waals surface area contributed by atoms with E-state index in [1.807, 2.05) is 78.2 Å². The zero-order valence-electron chi connectivity index (χ0n) is 16.2. The lowest BCUT2D eigenvalue weighted by Crippen LogP contribution is -2.11. The first-order valence-electron chi connectivity index (χ1n) is 9.40. The molecule has 5 nitrogen and oxygen atoms in total. The molecule has 2 aromatic carbocycles. The summed E-state index contributed by atoms with van der Waals surface area (Å²) in [5.41, 5.74) is 2.52. The molecular formula is C23H20N4OS2. The quantitative estimate of drug-likeness (QED) is 0.285. The normalized spacial score (nSPS) is 10.7. The number of thioether (sulfide) groups is 1. The van der Waals surface area contributed by atoms with Crippen molar-refractivity contribution < 1.29 is 4.79 Å². The molecule has 0 fully saturated rings. The topological polar surface area (TPSA) is 59.8 Å². The average molecular weight is 433 g/mol. The number of carbonyl (C=O) groups is 1. The number of hydrogen-bond donors (Lipinski definition) is 1. The van der Waals surface area contributed by atoms with Gasteiger partial charge in [-0.3, -0.25) is 9.36 Å². The van der Waals surface area contributed by atoms with Gasteiger partial charge in [-0.2, -0.15) is 0 Å². The van der Waals surface area contributed by atoms with Crippen LogP contribution in [-0.4, -0.2) is 20.7 Å². The van der Waals surface area contributed by atoms with Gasteiger partial charge in [0.15, 0.2) is 11.0 Å². The Kier molecular flexibility index (Phi) is 6.41. The number of hydrogen-bond acceptors (Lipinski definition) is 5. The van der Waals surface area contributed by atoms with Crippen molar-refractivity contribution in [3.05, 3.63) is 95.9 Å². The summed E-state index contributed by atoms with van der Waals surface area (Å²) in [5, 5.41) is 14.5. The first kappa shape index (κ1) is 20.1. The van der Waals surface area contributed by atoms with Crippen LogP contribution in [0.2, 0.25) is 0 Å². The van der Waals surface area contributed by atoms with Crippen molar-refractivity contribution in [3.63, 3.8) is 0 Å². The Labute approximate surface area is 183 Å². The van der Waals surface area contributed by atoms with E-state index < -0.39 is 0 Å². The molecule has 30 heavy (non-hydrogen) atoms. The van der Waals surface area contributed by atoms with E-state index >= 15 is 0 Å². The van der Waals surface area contributed by atoms with E-state index in [2.05, 4.69) is 26.7 Å². The second kappa shape index (κ2) is 9.56. The Morgan fingerprint density at radius 2 is 1.87 bits per heavy atom. The maximum atomic E-state index is 12.4. The monoisotopic (exact) mass is 432 g/mol. The Morgan fingerprint density at radius 3 is 2.57 bits per heavy atom. The third-order valence-corrected chi connectivity index (χ3v) is 6.29. The lowest BCUT2D eigenvalue weighted by Gasteiger charge is -2.08. The van der Waals surface area contributed by atoms with E-state index in [9.17, 15) is 4.79 Å². The van der Waals surface area contributed by atoms with Crippen molar-refractivity contribution in [2.45, 2.75) is 17.5 Å². The molecule has 150 valence electrons. The molecule has 4 aromatic rings. The Bertz CT molecular complexity index is 1120. The second-order valence-corrected chi connectivity index (χ2v) is 8.38. The molecule has 0 aliphatic rings. The number of allylic oxidation sites excluding steroid dienone is 1. The number of carbonyl (C=O) groups excluding carboxylic acids is 1. The average Bonchev–Trinajstić information content (AvgIpc) is 3.44. The van der Waals surface area contributed by atoms with Gasteiger partial charge in [0.25, 0.3) is 5.91 Å². The van der Waals surface area contributed by atoms with Crippen LogP contribution in [-0.2, 0) is 12.3 Å². The van der Waals surface area contributed by atoms with E-state index in [0.29, 0.717) is 12.1 Å². The highest BCUT2D eigenvalue weighted by atomic mass is 32.2. The molecular weight excluding hydrogens is 412 g/mol. The van der Waals surface area contributed by atoms with E-state index in [1.165, 1.54) is 0 Å². The van der Waals surface area contributed by atoms with Crippen LogP contribution in [0, 0.1) is 0 Å². The highest BCUT2D eigenvalue weighted by Crippen LogP contribution is 2.29. The molecule has 4 rings (SSSR count). The van der Waals surface area contributed by atoms with Gasteiger partial charge in [0.2, 0.25) is 0 Å². The summed E-state index contributed by atoms with van der Waals surface area (Å²) < 4.78 is 2.07. The van der Waals surface area contributed by atoms with E-state index in [1.54, 1.807) is 23.1 Å². The summed E-state index contributed by atoms with van der Waals surface area (Å²) in [6.07, 6.45) is 1.85. The predicted octanol–water partition coefficient (Wildman–Crippen LogP) is 5.74. The van der Waals surface area contributed by atoms with Crippen LogP contribution < -0.4 is 5.32 Å². The molecule has 2 heterocycles. The van der Waals surface area contributed by atoms with Crippen molar-refractivity contribution >= 4 is 34.7 Å². The summed E-state index contributed by atoms with van der Waals surface area (Å²) in [6.45, 7) is 4.51. The zero-order valence-corrected chi connectivity index (χ0v) is 17.8. The predicted molar refractivity (Wildman–Crippen MR) is 124 cm³/mol. The van der Waals surface area contributed by atoms with Crippen LogP contribution in [0.25, 0.3) is 10.7 Å². The number of benzene rings is 2. The number of nitrogens with zero attached hydrogens (tertiary/aromatic N) is 3. The van der Waals surface area contributed by atoms with Crippen molar-refractivity contribution in [2.24, 2.45) is 0 Å². The minimum atomic E-state index is -0.119. The third-order valence-electron chi connectivity index (χ3n) is 4.39. The van der Waals surface area contributed by atoms with Crippen LogP contribution in [0.3, 0.4) is 0 Å². The SMILES string of the molecule is C=CCn1c(SCc2ccc(C(=O)Nc3ccccc3)cc2)nnc1-c1cccs1. The number of amides is 1. The molecule has 0 aliphatic carbocycles. The molecule has 0 bridgehead atoms. The van der Waals surface area contributed by atoms with E-state index in [4.69, 9.17) is 0 Å². The lowest BCUT2D eigenvalue weighted by atomic mass is 10.1. The summed E-state index contributed by atoms with van der Waals surface area (Å²) in [5.74, 6) is 1.48. The molecule has 0 atom stereocenters. The van der Waals surface area contributed by atoms with Gasteiger partial charge in [0, 0.05) is 23.5 Å². The number of aromatic nitrogens is 3. The molecule has 0 unspecified atom stereocenters. The molecule has 1 amide bonds. The minimum Gasteiger partial charge on any atom is -0.322 e. The summed E-state index contributed by atoms with van der Waals surface area (Å²) in [4.78, 5) is 13.5. The van der Waals surface area contributed by atoms with Crippen LogP contribution in [0.15, 0.2) is 89.9 Å². The summed E-state index contributed by atoms with van der Waals surface area (Å²) >= 11 is 3.26.